The van der Waals surface area contributed by atoms with Gasteiger partial charge < -0.3 is 0 Å². The minimum atomic E-state index is -3.85. The number of nitrogens with one attached hydrogen (secondary N) is 1. The predicted molar refractivity (Wildman–Crippen MR) is 98.8 cm³/mol. The van der Waals surface area contributed by atoms with E-state index in [1.165, 1.54) is 24.3 Å². The molecule has 0 aliphatic heterocycles. The van der Waals surface area contributed by atoms with Crippen molar-refractivity contribution >= 4 is 37.7 Å². The molecule has 1 unspecified atom stereocenters. The Labute approximate surface area is 152 Å². The molecule has 0 spiro atoms. The molecule has 0 aromatic heterocycles. The van der Waals surface area contributed by atoms with E-state index >= 15 is 0 Å². The minimum absolute atomic E-state index is 0.0762. The van der Waals surface area contributed by atoms with Gasteiger partial charge in [-0.25, -0.2) is 26.7 Å². The largest absolute Gasteiger partial charge is 0.238 e. The van der Waals surface area contributed by atoms with E-state index in [1.54, 1.807) is 37.3 Å². The summed E-state index contributed by atoms with van der Waals surface area (Å²) in [5.41, 5.74) is 1.16. The van der Waals surface area contributed by atoms with Crippen LogP contribution in [0.4, 0.5) is 0 Å². The summed E-state index contributed by atoms with van der Waals surface area (Å²) in [5, 5.41) is 6.68. The molecule has 0 saturated carbocycles. The first-order valence-electron chi connectivity index (χ1n) is 7.15. The van der Waals surface area contributed by atoms with Crippen LogP contribution in [-0.4, -0.2) is 16.8 Å². The van der Waals surface area contributed by atoms with Crippen LogP contribution < -0.4 is 9.86 Å². The third-order valence-corrected chi connectivity index (χ3v) is 5.68. The minimum Gasteiger partial charge on any atom is -0.225 e. The standard InChI is InChI=1S/C16H17ClN2O4S2/c1-12(14-3-2-4-16(11-14)25(18,22)23)19-24(20,21)10-9-13-5-7-15(17)8-6-13/h2-12,19H,1H3,(H2,18,22,23)/b10-9+. The Hall–Kier alpha value is -1.71. The van der Waals surface area contributed by atoms with Crippen LogP contribution >= 0.6 is 11.6 Å². The van der Waals surface area contributed by atoms with Gasteiger partial charge in [0.2, 0.25) is 20.0 Å². The number of nitrogens with two attached hydrogens (primary N) is 1. The zero-order valence-electron chi connectivity index (χ0n) is 13.3. The molecule has 0 radical (unpaired) electrons. The molecule has 0 aliphatic rings. The first-order chi connectivity index (χ1) is 11.6. The molecule has 6 nitrogen and oxygen atoms in total. The second-order valence-corrected chi connectivity index (χ2v) is 8.95. The summed E-state index contributed by atoms with van der Waals surface area (Å²) in [4.78, 5) is -0.0762. The van der Waals surface area contributed by atoms with Gasteiger partial charge in [-0.2, -0.15) is 0 Å². The third kappa shape index (κ3) is 5.94. The summed E-state index contributed by atoms with van der Waals surface area (Å²) in [6, 6.07) is 11.9. The summed E-state index contributed by atoms with van der Waals surface area (Å²) in [5.74, 6) is 0. The number of rotatable bonds is 6. The lowest BCUT2D eigenvalue weighted by Crippen LogP contribution is -2.25. The quantitative estimate of drug-likeness (QED) is 0.777. The van der Waals surface area contributed by atoms with Crippen LogP contribution in [0.5, 0.6) is 0 Å². The Morgan fingerprint density at radius 2 is 1.72 bits per heavy atom. The van der Waals surface area contributed by atoms with E-state index in [0.29, 0.717) is 16.1 Å². The molecular formula is C16H17ClN2O4S2. The van der Waals surface area contributed by atoms with Crippen LogP contribution in [0.15, 0.2) is 58.8 Å². The molecule has 0 fully saturated rings. The lowest BCUT2D eigenvalue weighted by Gasteiger charge is -2.13. The molecule has 25 heavy (non-hydrogen) atoms. The Balaban J connectivity index is 2.16. The molecule has 3 N–H and O–H groups in total. The highest BCUT2D eigenvalue weighted by Crippen LogP contribution is 2.18. The molecule has 0 saturated heterocycles. The van der Waals surface area contributed by atoms with Crippen molar-refractivity contribution in [3.8, 4) is 0 Å². The highest BCUT2D eigenvalue weighted by atomic mass is 35.5. The highest BCUT2D eigenvalue weighted by molar-refractivity contribution is 7.92. The van der Waals surface area contributed by atoms with Gasteiger partial charge in [-0.15, -0.1) is 0 Å². The van der Waals surface area contributed by atoms with E-state index in [9.17, 15) is 16.8 Å². The van der Waals surface area contributed by atoms with E-state index in [-0.39, 0.29) is 4.90 Å². The number of sulfonamides is 2. The average molecular weight is 401 g/mol. The van der Waals surface area contributed by atoms with Crippen LogP contribution in [0.1, 0.15) is 24.1 Å². The van der Waals surface area contributed by atoms with Gasteiger partial charge in [-0.3, -0.25) is 0 Å². The van der Waals surface area contributed by atoms with Crippen molar-refractivity contribution in [2.45, 2.75) is 17.9 Å². The molecule has 9 heteroatoms. The van der Waals surface area contributed by atoms with E-state index in [0.717, 1.165) is 5.41 Å². The maximum atomic E-state index is 12.2. The van der Waals surface area contributed by atoms with Crippen LogP contribution in [-0.2, 0) is 20.0 Å². The fourth-order valence-electron chi connectivity index (χ4n) is 2.06. The van der Waals surface area contributed by atoms with Crippen molar-refractivity contribution in [1.29, 1.82) is 0 Å². The normalized spacial score (nSPS) is 13.9. The van der Waals surface area contributed by atoms with Crippen LogP contribution in [0, 0.1) is 0 Å². The molecule has 2 aromatic carbocycles. The molecule has 134 valence electrons. The van der Waals surface area contributed by atoms with Crippen molar-refractivity contribution in [3.05, 3.63) is 70.1 Å². The van der Waals surface area contributed by atoms with Gasteiger partial charge >= 0.3 is 0 Å². The molecule has 2 rings (SSSR count). The molecular weight excluding hydrogens is 384 g/mol. The summed E-state index contributed by atoms with van der Waals surface area (Å²) < 4.78 is 49.6. The maximum absolute atomic E-state index is 12.2. The van der Waals surface area contributed by atoms with Gasteiger partial charge in [0.05, 0.1) is 4.90 Å². The highest BCUT2D eigenvalue weighted by Gasteiger charge is 2.15. The number of halogens is 1. The van der Waals surface area contributed by atoms with Crippen molar-refractivity contribution < 1.29 is 16.8 Å². The summed E-state index contributed by atoms with van der Waals surface area (Å²) in [6.45, 7) is 1.61. The monoisotopic (exact) mass is 400 g/mol. The topological polar surface area (TPSA) is 106 Å². The Morgan fingerprint density at radius 1 is 1.08 bits per heavy atom. The number of benzene rings is 2. The van der Waals surface area contributed by atoms with Crippen molar-refractivity contribution in [3.63, 3.8) is 0 Å². The van der Waals surface area contributed by atoms with Crippen LogP contribution in [0.25, 0.3) is 6.08 Å². The zero-order valence-corrected chi connectivity index (χ0v) is 15.6. The predicted octanol–water partition coefficient (Wildman–Crippen LogP) is 2.64. The SMILES string of the molecule is CC(NS(=O)(=O)/C=C/c1ccc(Cl)cc1)c1cccc(S(N)(=O)=O)c1. The lowest BCUT2D eigenvalue weighted by molar-refractivity contribution is 0.576. The fourth-order valence-corrected chi connectivity index (χ4v) is 3.79. The maximum Gasteiger partial charge on any atom is 0.238 e. The summed E-state index contributed by atoms with van der Waals surface area (Å²) in [7, 11) is -7.58. The summed E-state index contributed by atoms with van der Waals surface area (Å²) >= 11 is 5.78. The van der Waals surface area contributed by atoms with Gasteiger partial charge in [-0.05, 0) is 48.4 Å². The molecule has 0 heterocycles. The fraction of sp³-hybridized carbons (Fsp3) is 0.125. The molecule has 2 aromatic rings. The molecule has 0 amide bonds. The second-order valence-electron chi connectivity index (χ2n) is 5.36. The number of hydrogen-bond acceptors (Lipinski definition) is 4. The first kappa shape index (κ1) is 19.6. The van der Waals surface area contributed by atoms with Crippen LogP contribution in [0.2, 0.25) is 5.02 Å². The Kier molecular flexibility index (Phi) is 6.02. The molecule has 0 bridgehead atoms. The van der Waals surface area contributed by atoms with E-state index < -0.39 is 26.1 Å². The summed E-state index contributed by atoms with van der Waals surface area (Å²) in [6.07, 6.45) is 1.44. The third-order valence-electron chi connectivity index (χ3n) is 3.34. The smallest absolute Gasteiger partial charge is 0.225 e. The van der Waals surface area contributed by atoms with Crippen molar-refractivity contribution in [2.75, 3.05) is 0 Å². The second kappa shape index (κ2) is 7.67. The van der Waals surface area contributed by atoms with E-state index in [2.05, 4.69) is 4.72 Å². The first-order valence-corrected chi connectivity index (χ1v) is 10.6. The van der Waals surface area contributed by atoms with E-state index in [4.69, 9.17) is 16.7 Å². The van der Waals surface area contributed by atoms with Gasteiger partial charge in [0, 0.05) is 16.5 Å². The zero-order chi connectivity index (χ0) is 18.7. The van der Waals surface area contributed by atoms with Crippen LogP contribution in [0.3, 0.4) is 0 Å². The van der Waals surface area contributed by atoms with Crippen molar-refractivity contribution in [1.82, 2.24) is 4.72 Å². The van der Waals surface area contributed by atoms with E-state index in [1.807, 2.05) is 0 Å². The van der Waals surface area contributed by atoms with Gasteiger partial charge in [-0.1, -0.05) is 35.9 Å². The van der Waals surface area contributed by atoms with Gasteiger partial charge in [0.25, 0.3) is 0 Å². The number of hydrogen-bond donors (Lipinski definition) is 2. The van der Waals surface area contributed by atoms with Gasteiger partial charge in [0.15, 0.2) is 0 Å². The van der Waals surface area contributed by atoms with Crippen molar-refractivity contribution in [2.24, 2.45) is 5.14 Å². The molecule has 1 atom stereocenters. The Morgan fingerprint density at radius 3 is 2.32 bits per heavy atom. The lowest BCUT2D eigenvalue weighted by atomic mass is 10.1. The average Bonchev–Trinajstić information content (AvgIpc) is 2.53. The number of primary sulfonamides is 1. The Bertz CT molecular complexity index is 985. The van der Waals surface area contributed by atoms with Gasteiger partial charge in [0.1, 0.15) is 0 Å². The molecule has 0 aliphatic carbocycles.